The summed E-state index contributed by atoms with van der Waals surface area (Å²) in [5.74, 6) is 3.69. The Morgan fingerprint density at radius 2 is 1.74 bits per heavy atom. The van der Waals surface area contributed by atoms with Gasteiger partial charge in [0.15, 0.2) is 0 Å². The highest BCUT2D eigenvalue weighted by Gasteiger charge is 2.51. The lowest BCUT2D eigenvalue weighted by atomic mass is 9.49. The predicted molar refractivity (Wildman–Crippen MR) is 129 cm³/mol. The molecule has 2 aromatic rings. The van der Waals surface area contributed by atoms with Gasteiger partial charge in [-0.1, -0.05) is 6.07 Å². The number of nitrogens with zero attached hydrogens (tertiary/aromatic N) is 3. The van der Waals surface area contributed by atoms with Crippen molar-refractivity contribution in [1.82, 2.24) is 14.3 Å². The maximum Gasteiger partial charge on any atom is 0.274 e. The number of aromatic nitrogens is 2. The molecular weight excluding hydrogens is 428 g/mol. The Bertz CT molecular complexity index is 1050. The van der Waals surface area contributed by atoms with Crippen LogP contribution < -0.4 is 5.32 Å². The average Bonchev–Trinajstić information content (AvgIpc) is 3.23. The number of anilines is 1. The number of nitrogens with one attached hydrogen (secondary N) is 1. The van der Waals surface area contributed by atoms with Crippen molar-refractivity contribution < 1.29 is 14.7 Å². The summed E-state index contributed by atoms with van der Waals surface area (Å²) in [6.45, 7) is 1.61. The molecule has 3 heterocycles. The molecule has 0 atom stereocenters. The fourth-order valence-electron chi connectivity index (χ4n) is 8.02. The number of carbonyl (C=O) groups is 2. The zero-order chi connectivity index (χ0) is 23.3. The van der Waals surface area contributed by atoms with Gasteiger partial charge in [0.25, 0.3) is 5.91 Å². The van der Waals surface area contributed by atoms with Crippen LogP contribution in [0.2, 0.25) is 0 Å². The third kappa shape index (κ3) is 4.12. The van der Waals surface area contributed by atoms with Gasteiger partial charge in [-0.05, 0) is 99.0 Å². The van der Waals surface area contributed by atoms with Gasteiger partial charge in [-0.15, -0.1) is 0 Å². The molecule has 5 fully saturated rings. The molecule has 0 spiro atoms. The van der Waals surface area contributed by atoms with Crippen LogP contribution in [-0.4, -0.2) is 50.9 Å². The molecule has 1 aliphatic heterocycles. The third-order valence-electron chi connectivity index (χ3n) is 9.12. The van der Waals surface area contributed by atoms with Gasteiger partial charge in [0.1, 0.15) is 17.2 Å². The Balaban J connectivity index is 1.14. The zero-order valence-electron chi connectivity index (χ0n) is 19.9. The standard InChI is InChI=1S/C27H36N4O3/c32-9-6-18-4-7-30(8-5-18)26(34)22-17-31-23(28-22)2-1-3-24(31)29-25(33)16-27-13-19-10-20(14-27)12-21(11-19)15-27/h1-3,17-21,32H,4-16H2,(H,29,33). The monoisotopic (exact) mass is 464 g/mol. The first-order chi connectivity index (χ1) is 16.5. The molecule has 4 saturated carbocycles. The van der Waals surface area contributed by atoms with Crippen molar-refractivity contribution in [2.45, 2.75) is 64.2 Å². The van der Waals surface area contributed by atoms with Crippen molar-refractivity contribution in [1.29, 1.82) is 0 Å². The fourth-order valence-corrected chi connectivity index (χ4v) is 8.02. The quantitative estimate of drug-likeness (QED) is 0.673. The Hall–Kier alpha value is -2.41. The molecule has 0 aromatic carbocycles. The van der Waals surface area contributed by atoms with E-state index in [0.29, 0.717) is 42.6 Å². The lowest BCUT2D eigenvalue weighted by Gasteiger charge is -2.56. The van der Waals surface area contributed by atoms with Crippen LogP contribution in [0.3, 0.4) is 0 Å². The average molecular weight is 465 g/mol. The lowest BCUT2D eigenvalue weighted by Crippen LogP contribution is -2.47. The molecule has 34 heavy (non-hydrogen) atoms. The van der Waals surface area contributed by atoms with Crippen LogP contribution in [0.1, 0.15) is 74.7 Å². The third-order valence-corrected chi connectivity index (χ3v) is 9.12. The summed E-state index contributed by atoms with van der Waals surface area (Å²) >= 11 is 0. The fraction of sp³-hybridized carbons (Fsp3) is 0.667. The van der Waals surface area contributed by atoms with Crippen molar-refractivity contribution in [2.24, 2.45) is 29.1 Å². The summed E-state index contributed by atoms with van der Waals surface area (Å²) in [7, 11) is 0. The summed E-state index contributed by atoms with van der Waals surface area (Å²) in [4.78, 5) is 32.7. The van der Waals surface area contributed by atoms with Gasteiger partial charge >= 0.3 is 0 Å². The topological polar surface area (TPSA) is 86.9 Å². The number of amides is 2. The number of hydrogen-bond acceptors (Lipinski definition) is 4. The van der Waals surface area contributed by atoms with Gasteiger partial charge in [0.2, 0.25) is 5.91 Å². The van der Waals surface area contributed by atoms with Gasteiger partial charge in [-0.2, -0.15) is 0 Å². The number of aliphatic hydroxyl groups is 1. The Morgan fingerprint density at radius 1 is 1.06 bits per heavy atom. The van der Waals surface area contributed by atoms with E-state index in [1.807, 2.05) is 27.5 Å². The number of piperidine rings is 1. The summed E-state index contributed by atoms with van der Waals surface area (Å²) in [6.07, 6.45) is 12.8. The molecule has 1 saturated heterocycles. The van der Waals surface area contributed by atoms with Crippen LogP contribution in [-0.2, 0) is 4.79 Å². The minimum atomic E-state index is -0.0583. The highest BCUT2D eigenvalue weighted by Crippen LogP contribution is 2.61. The first-order valence-corrected chi connectivity index (χ1v) is 13.2. The van der Waals surface area contributed by atoms with Crippen molar-refractivity contribution in [2.75, 3.05) is 25.0 Å². The Morgan fingerprint density at radius 3 is 2.38 bits per heavy atom. The van der Waals surface area contributed by atoms with E-state index < -0.39 is 0 Å². The van der Waals surface area contributed by atoms with E-state index in [-0.39, 0.29) is 23.8 Å². The molecule has 182 valence electrons. The van der Waals surface area contributed by atoms with Crippen molar-refractivity contribution in [3.63, 3.8) is 0 Å². The number of carbonyl (C=O) groups excluding carboxylic acids is 2. The minimum absolute atomic E-state index is 0.0583. The minimum Gasteiger partial charge on any atom is -0.396 e. The largest absolute Gasteiger partial charge is 0.396 e. The first-order valence-electron chi connectivity index (χ1n) is 13.2. The van der Waals surface area contributed by atoms with Gasteiger partial charge in [-0.25, -0.2) is 4.98 Å². The molecule has 5 aliphatic rings. The summed E-state index contributed by atoms with van der Waals surface area (Å²) in [5.41, 5.74) is 1.29. The van der Waals surface area contributed by atoms with Crippen LogP contribution in [0.5, 0.6) is 0 Å². The summed E-state index contributed by atoms with van der Waals surface area (Å²) in [5, 5.41) is 12.3. The first kappa shape index (κ1) is 22.1. The van der Waals surface area contributed by atoms with Crippen molar-refractivity contribution in [3.05, 3.63) is 30.1 Å². The van der Waals surface area contributed by atoms with E-state index in [1.165, 1.54) is 38.5 Å². The van der Waals surface area contributed by atoms with Gasteiger partial charge in [0, 0.05) is 32.3 Å². The van der Waals surface area contributed by atoms with Crippen LogP contribution >= 0.6 is 0 Å². The SMILES string of the molecule is O=C(CC12CC3CC(CC(C3)C1)C2)Nc1cccc2nc(C(=O)N3CCC(CCO)CC3)cn12. The number of likely N-dealkylation sites (tertiary alicyclic amines) is 1. The molecular formula is C27H36N4O3. The number of aliphatic hydroxyl groups excluding tert-OH is 1. The molecule has 2 aromatic heterocycles. The zero-order valence-corrected chi connectivity index (χ0v) is 19.9. The van der Waals surface area contributed by atoms with Crippen molar-refractivity contribution in [3.8, 4) is 0 Å². The highest BCUT2D eigenvalue weighted by atomic mass is 16.3. The van der Waals surface area contributed by atoms with Crippen LogP contribution in [0.4, 0.5) is 5.82 Å². The molecule has 0 radical (unpaired) electrons. The summed E-state index contributed by atoms with van der Waals surface area (Å²) in [6, 6.07) is 5.65. The van der Waals surface area contributed by atoms with Crippen LogP contribution in [0.15, 0.2) is 24.4 Å². The van der Waals surface area contributed by atoms with Crippen LogP contribution in [0, 0.1) is 29.1 Å². The van der Waals surface area contributed by atoms with Gasteiger partial charge in [-0.3, -0.25) is 14.0 Å². The Kier molecular flexibility index (Phi) is 5.63. The van der Waals surface area contributed by atoms with Gasteiger partial charge < -0.3 is 15.3 Å². The molecule has 4 aliphatic carbocycles. The molecule has 7 nitrogen and oxygen atoms in total. The number of hydrogen-bond donors (Lipinski definition) is 2. The number of rotatable bonds is 6. The summed E-state index contributed by atoms with van der Waals surface area (Å²) < 4.78 is 1.84. The van der Waals surface area contributed by atoms with E-state index in [0.717, 1.165) is 37.0 Å². The maximum atomic E-state index is 13.2. The van der Waals surface area contributed by atoms with E-state index in [4.69, 9.17) is 5.11 Å². The molecule has 7 heteroatoms. The second kappa shape index (κ2) is 8.67. The second-order valence-electron chi connectivity index (χ2n) is 11.7. The van der Waals surface area contributed by atoms with E-state index >= 15 is 0 Å². The number of pyridine rings is 1. The second-order valence-corrected chi connectivity index (χ2v) is 11.7. The predicted octanol–water partition coefficient (Wildman–Crippen LogP) is 4.11. The molecule has 2 amide bonds. The van der Waals surface area contributed by atoms with Crippen LogP contribution in [0.25, 0.3) is 5.65 Å². The number of imidazole rings is 1. The molecule has 4 bridgehead atoms. The Labute approximate surface area is 200 Å². The highest BCUT2D eigenvalue weighted by molar-refractivity contribution is 5.94. The smallest absolute Gasteiger partial charge is 0.274 e. The van der Waals surface area contributed by atoms with Crippen molar-refractivity contribution >= 4 is 23.3 Å². The number of fused-ring (bicyclic) bond motifs is 1. The van der Waals surface area contributed by atoms with E-state index in [1.54, 1.807) is 6.20 Å². The normalized spacial score (nSPS) is 30.7. The van der Waals surface area contributed by atoms with E-state index in [9.17, 15) is 9.59 Å². The molecule has 0 unspecified atom stereocenters. The van der Waals surface area contributed by atoms with E-state index in [2.05, 4.69) is 10.3 Å². The maximum absolute atomic E-state index is 13.2. The molecule has 2 N–H and O–H groups in total. The van der Waals surface area contributed by atoms with Gasteiger partial charge in [0.05, 0.1) is 0 Å². The lowest BCUT2D eigenvalue weighted by molar-refractivity contribution is -0.124. The molecule has 7 rings (SSSR count).